The van der Waals surface area contributed by atoms with Gasteiger partial charge in [0.25, 0.3) is 5.91 Å². The summed E-state index contributed by atoms with van der Waals surface area (Å²) < 4.78 is 46.1. The molecule has 0 aliphatic carbocycles. The minimum atomic E-state index is -3.63. The normalized spacial score (nSPS) is 16.9. The molecule has 1 atom stereocenters. The van der Waals surface area contributed by atoms with E-state index < -0.39 is 15.8 Å². The van der Waals surface area contributed by atoms with E-state index in [-0.39, 0.29) is 27.4 Å². The molecule has 33 heavy (non-hydrogen) atoms. The smallest absolute Gasteiger partial charge is 0.255 e. The van der Waals surface area contributed by atoms with Crippen LogP contribution in [0.5, 0.6) is 5.75 Å². The number of hydrogen-bond donors (Lipinski definition) is 0. The van der Waals surface area contributed by atoms with Gasteiger partial charge in [0.1, 0.15) is 11.6 Å². The van der Waals surface area contributed by atoms with Crippen molar-refractivity contribution in [2.24, 2.45) is 0 Å². The third-order valence-corrected chi connectivity index (χ3v) is 7.95. The van der Waals surface area contributed by atoms with E-state index in [1.165, 1.54) is 23.5 Å². The maximum atomic E-state index is 13.4. The fourth-order valence-corrected chi connectivity index (χ4v) is 5.53. The second-order valence-electron chi connectivity index (χ2n) is 8.08. The summed E-state index contributed by atoms with van der Waals surface area (Å²) in [5, 5.41) is 0.0749. The first kappa shape index (κ1) is 25.3. The number of carbonyl (C=O) groups is 1. The average Bonchev–Trinajstić information content (AvgIpc) is 2.78. The van der Waals surface area contributed by atoms with Gasteiger partial charge in [0.05, 0.1) is 28.3 Å². The zero-order valence-corrected chi connectivity index (χ0v) is 20.8. The number of benzene rings is 2. The Morgan fingerprint density at radius 3 is 2.58 bits per heavy atom. The van der Waals surface area contributed by atoms with Crippen LogP contribution >= 0.6 is 11.6 Å². The quantitative estimate of drug-likeness (QED) is 0.580. The van der Waals surface area contributed by atoms with Gasteiger partial charge in [-0.3, -0.25) is 4.79 Å². The van der Waals surface area contributed by atoms with E-state index >= 15 is 0 Å². The van der Waals surface area contributed by atoms with Crippen LogP contribution < -0.4 is 9.64 Å². The van der Waals surface area contributed by atoms with E-state index in [0.717, 1.165) is 6.07 Å². The third-order valence-electron chi connectivity index (χ3n) is 5.78. The van der Waals surface area contributed by atoms with Crippen LogP contribution in [0, 0.1) is 5.82 Å². The monoisotopic (exact) mass is 497 g/mol. The number of anilines is 1. The van der Waals surface area contributed by atoms with Gasteiger partial charge in [0.15, 0.2) is 0 Å². The first-order chi connectivity index (χ1) is 15.6. The largest absolute Gasteiger partial charge is 0.495 e. The Kier molecular flexibility index (Phi) is 7.87. The highest BCUT2D eigenvalue weighted by molar-refractivity contribution is 7.89. The Labute approximate surface area is 199 Å². The number of nitrogens with zero attached hydrogens (tertiary/aromatic N) is 3. The highest BCUT2D eigenvalue weighted by atomic mass is 35.5. The number of ether oxygens (including phenoxy) is 1. The summed E-state index contributed by atoms with van der Waals surface area (Å²) in [5.41, 5.74) is 0.909. The van der Waals surface area contributed by atoms with E-state index in [2.05, 4.69) is 0 Å². The minimum absolute atomic E-state index is 0.0749. The first-order valence-corrected chi connectivity index (χ1v) is 12.6. The van der Waals surface area contributed by atoms with Gasteiger partial charge < -0.3 is 14.5 Å². The zero-order valence-electron chi connectivity index (χ0n) is 19.2. The van der Waals surface area contributed by atoms with E-state index in [1.807, 2.05) is 18.7 Å². The molecule has 10 heteroatoms. The molecule has 0 saturated carbocycles. The fourth-order valence-electron chi connectivity index (χ4n) is 4.00. The van der Waals surface area contributed by atoms with Gasteiger partial charge in [-0.15, -0.1) is 0 Å². The first-order valence-electron chi connectivity index (χ1n) is 10.8. The average molecular weight is 498 g/mol. The van der Waals surface area contributed by atoms with Crippen LogP contribution in [0.3, 0.4) is 0 Å². The maximum absolute atomic E-state index is 13.4. The molecule has 1 unspecified atom stereocenters. The molecule has 1 fully saturated rings. The Hall–Kier alpha value is -2.36. The van der Waals surface area contributed by atoms with Crippen molar-refractivity contribution in [1.29, 1.82) is 0 Å². The zero-order chi connectivity index (χ0) is 24.3. The summed E-state index contributed by atoms with van der Waals surface area (Å²) >= 11 is 6.08. The Morgan fingerprint density at radius 2 is 1.97 bits per heavy atom. The molecule has 0 N–H and O–H groups in total. The predicted octanol–water partition coefficient (Wildman–Crippen LogP) is 3.87. The van der Waals surface area contributed by atoms with Crippen molar-refractivity contribution in [2.75, 3.05) is 45.2 Å². The van der Waals surface area contributed by atoms with Crippen LogP contribution in [0.15, 0.2) is 41.3 Å². The van der Waals surface area contributed by atoms with Gasteiger partial charge in [-0.2, -0.15) is 0 Å². The molecule has 1 saturated heterocycles. The van der Waals surface area contributed by atoms with E-state index in [0.29, 0.717) is 44.0 Å². The van der Waals surface area contributed by atoms with E-state index in [4.69, 9.17) is 16.3 Å². The SMILES string of the molecule is CCCN(C)S(=O)(=O)c1ccc(OC)c(N2CCN(C(=O)c3ccc(F)cc3Cl)CC2C)c1. The highest BCUT2D eigenvalue weighted by Crippen LogP contribution is 2.34. The topological polar surface area (TPSA) is 70.2 Å². The van der Waals surface area contributed by atoms with Gasteiger partial charge in [-0.1, -0.05) is 18.5 Å². The lowest BCUT2D eigenvalue weighted by molar-refractivity contribution is 0.0726. The fraction of sp³-hybridized carbons (Fsp3) is 0.435. The number of piperazine rings is 1. The van der Waals surface area contributed by atoms with E-state index in [1.54, 1.807) is 30.1 Å². The summed E-state index contributed by atoms with van der Waals surface area (Å²) in [7, 11) is -0.527. The molecule has 180 valence electrons. The van der Waals surface area contributed by atoms with Crippen molar-refractivity contribution in [2.45, 2.75) is 31.2 Å². The van der Waals surface area contributed by atoms with Gasteiger partial charge in [-0.05, 0) is 49.7 Å². The van der Waals surface area contributed by atoms with E-state index in [9.17, 15) is 17.6 Å². The molecule has 3 rings (SSSR count). The molecule has 2 aromatic rings. The van der Waals surface area contributed by atoms with Crippen molar-refractivity contribution >= 4 is 33.2 Å². The molecule has 1 heterocycles. The van der Waals surface area contributed by atoms with Crippen LogP contribution in [0.2, 0.25) is 5.02 Å². The summed E-state index contributed by atoms with van der Waals surface area (Å²) in [6, 6.07) is 8.44. The van der Waals surface area contributed by atoms with Crippen molar-refractivity contribution in [3.05, 3.63) is 52.8 Å². The Bertz CT molecular complexity index is 1130. The highest BCUT2D eigenvalue weighted by Gasteiger charge is 2.31. The van der Waals surface area contributed by atoms with Crippen molar-refractivity contribution < 1.29 is 22.3 Å². The van der Waals surface area contributed by atoms with Crippen LogP contribution in [-0.2, 0) is 10.0 Å². The summed E-state index contributed by atoms with van der Waals surface area (Å²) in [6.07, 6.45) is 0.712. The van der Waals surface area contributed by atoms with Crippen LogP contribution in [-0.4, -0.2) is 69.9 Å². The lowest BCUT2D eigenvalue weighted by atomic mass is 10.1. The third kappa shape index (κ3) is 5.26. The van der Waals surface area contributed by atoms with Gasteiger partial charge >= 0.3 is 0 Å². The number of amides is 1. The summed E-state index contributed by atoms with van der Waals surface area (Å²) in [6.45, 7) is 5.56. The van der Waals surface area contributed by atoms with Crippen molar-refractivity contribution in [3.63, 3.8) is 0 Å². The van der Waals surface area contributed by atoms with Gasteiger partial charge in [0, 0.05) is 39.3 Å². The molecule has 0 bridgehead atoms. The maximum Gasteiger partial charge on any atom is 0.255 e. The van der Waals surface area contributed by atoms with Crippen LogP contribution in [0.1, 0.15) is 30.6 Å². The number of halogens is 2. The van der Waals surface area contributed by atoms with Crippen molar-refractivity contribution in [1.82, 2.24) is 9.21 Å². The summed E-state index contributed by atoms with van der Waals surface area (Å²) in [5.74, 6) is -0.211. The number of sulfonamides is 1. The Morgan fingerprint density at radius 1 is 1.24 bits per heavy atom. The molecule has 1 amide bonds. The molecule has 2 aromatic carbocycles. The lowest BCUT2D eigenvalue weighted by Gasteiger charge is -2.42. The second-order valence-corrected chi connectivity index (χ2v) is 10.5. The molecule has 1 aliphatic rings. The second kappa shape index (κ2) is 10.3. The summed E-state index contributed by atoms with van der Waals surface area (Å²) in [4.78, 5) is 16.9. The van der Waals surface area contributed by atoms with Crippen molar-refractivity contribution in [3.8, 4) is 5.75 Å². The number of carbonyl (C=O) groups excluding carboxylic acids is 1. The number of methoxy groups -OCH3 is 1. The number of hydrogen-bond acceptors (Lipinski definition) is 5. The predicted molar refractivity (Wildman–Crippen MR) is 127 cm³/mol. The lowest BCUT2D eigenvalue weighted by Crippen LogP contribution is -2.54. The standard InChI is InChI=1S/C23H29ClFN3O4S/c1-5-10-26(3)33(30,31)18-7-9-22(32-4)21(14-18)28-12-11-27(15-16(28)2)23(29)19-8-6-17(25)13-20(19)24/h6-9,13-14,16H,5,10-12,15H2,1-4H3. The Balaban J connectivity index is 1.85. The molecule has 1 aliphatic heterocycles. The number of rotatable bonds is 7. The molecule has 0 radical (unpaired) electrons. The van der Waals surface area contributed by atoms with Gasteiger partial charge in [-0.25, -0.2) is 17.1 Å². The molecule has 0 aromatic heterocycles. The minimum Gasteiger partial charge on any atom is -0.495 e. The molecule has 7 nitrogen and oxygen atoms in total. The molecular weight excluding hydrogens is 469 g/mol. The van der Waals surface area contributed by atoms with Gasteiger partial charge in [0.2, 0.25) is 10.0 Å². The molecular formula is C23H29ClFN3O4S. The van der Waals surface area contributed by atoms with Crippen LogP contribution in [0.4, 0.5) is 10.1 Å². The molecule has 0 spiro atoms. The van der Waals surface area contributed by atoms with Crippen LogP contribution in [0.25, 0.3) is 0 Å².